The van der Waals surface area contributed by atoms with Crippen molar-refractivity contribution in [1.29, 1.82) is 0 Å². The van der Waals surface area contributed by atoms with Crippen LogP contribution in [-0.2, 0) is 0 Å². The van der Waals surface area contributed by atoms with E-state index in [0.717, 1.165) is 0 Å². The first-order valence-electron chi connectivity index (χ1n) is 5.92. The number of carbonyl (C=O) groups is 1. The minimum absolute atomic E-state index is 0.290. The molecule has 0 aliphatic carbocycles. The van der Waals surface area contributed by atoms with Gasteiger partial charge in [-0.1, -0.05) is 0 Å². The van der Waals surface area contributed by atoms with Gasteiger partial charge in [-0.05, 0) is 52.7 Å². The fourth-order valence-electron chi connectivity index (χ4n) is 1.65. The number of aryl methyl sites for hydroxylation is 1. The summed E-state index contributed by atoms with van der Waals surface area (Å²) in [6.07, 6.45) is 1.48. The Morgan fingerprint density at radius 1 is 1.35 bits per heavy atom. The molecule has 104 valence electrons. The third kappa shape index (κ3) is 3.14. The molecule has 0 bridgehead atoms. The summed E-state index contributed by atoms with van der Waals surface area (Å²) in [5.41, 5.74) is 1.64. The van der Waals surface area contributed by atoms with Crippen molar-refractivity contribution in [2.45, 2.75) is 6.92 Å². The van der Waals surface area contributed by atoms with Gasteiger partial charge in [-0.25, -0.2) is 9.37 Å². The van der Waals surface area contributed by atoms with Gasteiger partial charge in [0.1, 0.15) is 11.6 Å². The summed E-state index contributed by atoms with van der Waals surface area (Å²) in [5, 5.41) is 5.61. The number of hydrogen-bond acceptors (Lipinski definition) is 3. The van der Waals surface area contributed by atoms with Gasteiger partial charge in [-0.3, -0.25) is 4.79 Å². The Morgan fingerprint density at radius 2 is 2.10 bits per heavy atom. The van der Waals surface area contributed by atoms with E-state index < -0.39 is 0 Å². The molecule has 0 atom stereocenters. The van der Waals surface area contributed by atoms with Gasteiger partial charge in [0.15, 0.2) is 0 Å². The highest BCUT2D eigenvalue weighted by molar-refractivity contribution is 9.10. The molecule has 2 N–H and O–H groups in total. The zero-order valence-electron chi connectivity index (χ0n) is 11.0. The van der Waals surface area contributed by atoms with Gasteiger partial charge >= 0.3 is 0 Å². The number of carbonyl (C=O) groups excluding carboxylic acids is 1. The van der Waals surface area contributed by atoms with Crippen molar-refractivity contribution in [3.05, 3.63) is 51.9 Å². The van der Waals surface area contributed by atoms with E-state index in [1.165, 1.54) is 18.3 Å². The number of halogens is 2. The molecule has 0 saturated heterocycles. The first kappa shape index (κ1) is 14.5. The zero-order chi connectivity index (χ0) is 14.7. The lowest BCUT2D eigenvalue weighted by Crippen LogP contribution is -2.13. The number of hydrogen-bond donors (Lipinski definition) is 2. The second-order valence-electron chi connectivity index (χ2n) is 4.22. The molecule has 6 heteroatoms. The molecule has 1 aromatic carbocycles. The molecule has 2 rings (SSSR count). The van der Waals surface area contributed by atoms with Gasteiger partial charge in [-0.2, -0.15) is 0 Å². The van der Waals surface area contributed by atoms with Crippen molar-refractivity contribution >= 4 is 33.3 Å². The summed E-state index contributed by atoms with van der Waals surface area (Å²) in [6, 6.07) is 6.28. The molecule has 1 amide bonds. The van der Waals surface area contributed by atoms with Gasteiger partial charge in [0.25, 0.3) is 5.91 Å². The molecule has 1 aromatic heterocycles. The molecule has 1 heterocycles. The van der Waals surface area contributed by atoms with Gasteiger partial charge in [0, 0.05) is 18.9 Å². The number of anilines is 2. The molecule has 20 heavy (non-hydrogen) atoms. The normalized spacial score (nSPS) is 10.2. The maximum absolute atomic E-state index is 13.3. The summed E-state index contributed by atoms with van der Waals surface area (Å²) in [4.78, 5) is 16.2. The van der Waals surface area contributed by atoms with E-state index in [4.69, 9.17) is 0 Å². The van der Waals surface area contributed by atoms with Crippen LogP contribution in [0.3, 0.4) is 0 Å². The third-order valence-corrected chi connectivity index (χ3v) is 3.40. The van der Waals surface area contributed by atoms with Gasteiger partial charge in [-0.15, -0.1) is 0 Å². The molecule has 0 fully saturated rings. The molecule has 0 spiro atoms. The van der Waals surface area contributed by atoms with Crippen molar-refractivity contribution in [3.8, 4) is 0 Å². The second-order valence-corrected chi connectivity index (χ2v) is 5.07. The lowest BCUT2D eigenvalue weighted by atomic mass is 10.2. The topological polar surface area (TPSA) is 54.0 Å². The average Bonchev–Trinajstić information content (AvgIpc) is 2.44. The summed E-state index contributed by atoms with van der Waals surface area (Å²) in [7, 11) is 1.75. The van der Waals surface area contributed by atoms with E-state index in [1.54, 1.807) is 26.1 Å². The van der Waals surface area contributed by atoms with E-state index in [1.807, 2.05) is 0 Å². The van der Waals surface area contributed by atoms with Crippen LogP contribution in [0.15, 0.2) is 34.9 Å². The lowest BCUT2D eigenvalue weighted by Gasteiger charge is -2.09. The smallest absolute Gasteiger partial charge is 0.257 e. The minimum Gasteiger partial charge on any atom is -0.373 e. The van der Waals surface area contributed by atoms with Gasteiger partial charge < -0.3 is 10.6 Å². The maximum Gasteiger partial charge on any atom is 0.257 e. The van der Waals surface area contributed by atoms with Crippen molar-refractivity contribution in [2.75, 3.05) is 17.7 Å². The number of aromatic nitrogens is 1. The number of amides is 1. The van der Waals surface area contributed by atoms with Crippen LogP contribution in [0.25, 0.3) is 0 Å². The molecular weight excluding hydrogens is 325 g/mol. The van der Waals surface area contributed by atoms with Gasteiger partial charge in [0.2, 0.25) is 0 Å². The van der Waals surface area contributed by atoms with Crippen molar-refractivity contribution in [3.63, 3.8) is 0 Å². The molecule has 0 aliphatic rings. The molecular formula is C14H13BrFN3O. The fourth-order valence-corrected chi connectivity index (χ4v) is 1.99. The monoisotopic (exact) mass is 337 g/mol. The first-order chi connectivity index (χ1) is 9.51. The Bertz CT molecular complexity index is 644. The SMILES string of the molecule is CNc1ccc(C(=O)Nc2cc(Br)c(F)cc2C)cn1. The Labute approximate surface area is 124 Å². The summed E-state index contributed by atoms with van der Waals surface area (Å²) in [5.74, 6) is 0.0320. The molecule has 0 aliphatic heterocycles. The lowest BCUT2D eigenvalue weighted by molar-refractivity contribution is 0.102. The maximum atomic E-state index is 13.3. The van der Waals surface area contributed by atoms with E-state index in [9.17, 15) is 9.18 Å². The Morgan fingerprint density at radius 3 is 2.70 bits per heavy atom. The summed E-state index contributed by atoms with van der Waals surface area (Å²) in [6.45, 7) is 1.73. The van der Waals surface area contributed by atoms with E-state index in [-0.39, 0.29) is 11.7 Å². The van der Waals surface area contributed by atoms with E-state index in [2.05, 4.69) is 31.5 Å². The predicted octanol–water partition coefficient (Wildman–Crippen LogP) is 3.59. The van der Waals surface area contributed by atoms with Crippen LogP contribution in [0.2, 0.25) is 0 Å². The number of nitrogens with one attached hydrogen (secondary N) is 2. The highest BCUT2D eigenvalue weighted by Gasteiger charge is 2.10. The summed E-state index contributed by atoms with van der Waals surface area (Å²) < 4.78 is 13.6. The quantitative estimate of drug-likeness (QED) is 0.899. The van der Waals surface area contributed by atoms with Crippen molar-refractivity contribution < 1.29 is 9.18 Å². The Hall–Kier alpha value is -1.95. The van der Waals surface area contributed by atoms with Crippen LogP contribution < -0.4 is 10.6 Å². The van der Waals surface area contributed by atoms with Crippen molar-refractivity contribution in [2.24, 2.45) is 0 Å². The van der Waals surface area contributed by atoms with Crippen LogP contribution in [0.4, 0.5) is 15.9 Å². The van der Waals surface area contributed by atoms with Crippen molar-refractivity contribution in [1.82, 2.24) is 4.98 Å². The Balaban J connectivity index is 2.20. The van der Waals surface area contributed by atoms with Crippen LogP contribution in [0.5, 0.6) is 0 Å². The fraction of sp³-hybridized carbons (Fsp3) is 0.143. The molecule has 0 unspecified atom stereocenters. The largest absolute Gasteiger partial charge is 0.373 e. The van der Waals surface area contributed by atoms with E-state index in [0.29, 0.717) is 27.1 Å². The molecule has 4 nitrogen and oxygen atoms in total. The van der Waals surface area contributed by atoms with Crippen LogP contribution >= 0.6 is 15.9 Å². The third-order valence-electron chi connectivity index (χ3n) is 2.80. The zero-order valence-corrected chi connectivity index (χ0v) is 12.6. The average molecular weight is 338 g/mol. The van der Waals surface area contributed by atoms with Crippen LogP contribution in [-0.4, -0.2) is 17.9 Å². The minimum atomic E-state index is -0.361. The molecule has 0 radical (unpaired) electrons. The number of benzene rings is 1. The number of nitrogens with zero attached hydrogens (tertiary/aromatic N) is 1. The first-order valence-corrected chi connectivity index (χ1v) is 6.71. The predicted molar refractivity (Wildman–Crippen MR) is 80.6 cm³/mol. The standard InChI is InChI=1S/C14H13BrFN3O/c1-8-5-11(16)10(15)6-12(8)19-14(20)9-3-4-13(17-2)18-7-9/h3-7H,1-2H3,(H,17,18)(H,19,20). The second kappa shape index (κ2) is 6.00. The van der Waals surface area contributed by atoms with Crippen LogP contribution in [0, 0.1) is 12.7 Å². The van der Waals surface area contributed by atoms with Gasteiger partial charge in [0.05, 0.1) is 10.0 Å². The Kier molecular flexibility index (Phi) is 4.34. The molecule has 2 aromatic rings. The molecule has 0 saturated carbocycles. The van der Waals surface area contributed by atoms with Crippen LogP contribution in [0.1, 0.15) is 15.9 Å². The number of rotatable bonds is 3. The highest BCUT2D eigenvalue weighted by Crippen LogP contribution is 2.24. The summed E-state index contributed by atoms with van der Waals surface area (Å²) >= 11 is 3.10. The highest BCUT2D eigenvalue weighted by atomic mass is 79.9. The van der Waals surface area contributed by atoms with E-state index >= 15 is 0 Å². The number of pyridine rings is 1.